The molecule has 0 radical (unpaired) electrons. The van der Waals surface area contributed by atoms with Crippen molar-refractivity contribution in [3.63, 3.8) is 0 Å². The molecule has 2 rings (SSSR count). The molecule has 5 heteroatoms. The Morgan fingerprint density at radius 3 is 2.53 bits per heavy atom. The van der Waals surface area contributed by atoms with E-state index >= 15 is 0 Å². The second-order valence-electron chi connectivity index (χ2n) is 3.93. The van der Waals surface area contributed by atoms with Gasteiger partial charge in [-0.3, -0.25) is 4.79 Å². The van der Waals surface area contributed by atoms with Crippen LogP contribution >= 0.6 is 0 Å². The smallest absolute Gasteiger partial charge is 0.309 e. The molecule has 0 fully saturated rings. The lowest BCUT2D eigenvalue weighted by atomic mass is 10.1. The molecule has 19 heavy (non-hydrogen) atoms. The van der Waals surface area contributed by atoms with E-state index in [0.717, 1.165) is 0 Å². The van der Waals surface area contributed by atoms with Gasteiger partial charge in [-0.15, -0.1) is 0 Å². The van der Waals surface area contributed by atoms with E-state index in [9.17, 15) is 9.18 Å². The molecule has 0 unspecified atom stereocenters. The fourth-order valence-corrected chi connectivity index (χ4v) is 1.72. The maximum absolute atomic E-state index is 12.9. The van der Waals surface area contributed by atoms with Gasteiger partial charge in [0.05, 0.1) is 19.2 Å². The number of hydrogen-bond donors (Lipinski definition) is 1. The van der Waals surface area contributed by atoms with Crippen molar-refractivity contribution in [3.05, 3.63) is 47.9 Å². The average Bonchev–Trinajstić information content (AvgIpc) is 2.39. The zero-order valence-corrected chi connectivity index (χ0v) is 10.3. The van der Waals surface area contributed by atoms with Gasteiger partial charge in [-0.1, -0.05) is 0 Å². The second kappa shape index (κ2) is 5.48. The summed E-state index contributed by atoms with van der Waals surface area (Å²) in [5, 5.41) is 8.77. The minimum atomic E-state index is -0.956. The van der Waals surface area contributed by atoms with Crippen LogP contribution < -0.4 is 4.74 Å². The maximum Gasteiger partial charge on any atom is 0.309 e. The number of halogens is 1. The fourth-order valence-electron chi connectivity index (χ4n) is 1.72. The Labute approximate surface area is 109 Å². The van der Waals surface area contributed by atoms with Crippen LogP contribution in [0.5, 0.6) is 5.75 Å². The van der Waals surface area contributed by atoms with Crippen molar-refractivity contribution in [1.29, 1.82) is 0 Å². The summed E-state index contributed by atoms with van der Waals surface area (Å²) in [5.74, 6) is -0.784. The lowest BCUT2D eigenvalue weighted by molar-refractivity contribution is -0.136. The molecule has 0 bridgehead atoms. The van der Waals surface area contributed by atoms with Crippen LogP contribution in [0.3, 0.4) is 0 Å². The number of methoxy groups -OCH3 is 1. The summed E-state index contributed by atoms with van der Waals surface area (Å²) >= 11 is 0. The molecule has 0 aliphatic rings. The monoisotopic (exact) mass is 261 g/mol. The summed E-state index contributed by atoms with van der Waals surface area (Å²) < 4.78 is 18.1. The topological polar surface area (TPSA) is 59.4 Å². The van der Waals surface area contributed by atoms with Gasteiger partial charge in [0, 0.05) is 5.56 Å². The van der Waals surface area contributed by atoms with Crippen LogP contribution in [0.2, 0.25) is 0 Å². The van der Waals surface area contributed by atoms with Crippen LogP contribution in [0.4, 0.5) is 4.39 Å². The molecule has 98 valence electrons. The highest BCUT2D eigenvalue weighted by molar-refractivity contribution is 5.71. The molecule has 0 amide bonds. The first-order chi connectivity index (χ1) is 9.10. The van der Waals surface area contributed by atoms with E-state index in [2.05, 4.69) is 4.98 Å². The Morgan fingerprint density at radius 1 is 1.26 bits per heavy atom. The first-order valence-corrected chi connectivity index (χ1v) is 5.62. The van der Waals surface area contributed by atoms with E-state index in [1.54, 1.807) is 24.3 Å². The Morgan fingerprint density at radius 2 is 1.95 bits per heavy atom. The van der Waals surface area contributed by atoms with Crippen LogP contribution in [-0.4, -0.2) is 23.2 Å². The van der Waals surface area contributed by atoms with Gasteiger partial charge in [-0.25, -0.2) is 9.37 Å². The second-order valence-corrected chi connectivity index (χ2v) is 3.93. The van der Waals surface area contributed by atoms with Crippen LogP contribution in [0.15, 0.2) is 36.4 Å². The van der Waals surface area contributed by atoms with E-state index < -0.39 is 5.97 Å². The normalized spacial score (nSPS) is 10.2. The number of carboxylic acid groups (broad SMARTS) is 1. The predicted molar refractivity (Wildman–Crippen MR) is 67.5 cm³/mol. The van der Waals surface area contributed by atoms with E-state index in [1.165, 1.54) is 19.2 Å². The number of aliphatic carboxylic acids is 1. The molecule has 4 nitrogen and oxygen atoms in total. The quantitative estimate of drug-likeness (QED) is 0.918. The van der Waals surface area contributed by atoms with Crippen LogP contribution in [0.25, 0.3) is 11.3 Å². The summed E-state index contributed by atoms with van der Waals surface area (Å²) in [4.78, 5) is 15.0. The van der Waals surface area contributed by atoms with Crippen LogP contribution in [-0.2, 0) is 11.2 Å². The third kappa shape index (κ3) is 3.07. The molecule has 0 aliphatic carbocycles. The number of pyridine rings is 1. The van der Waals surface area contributed by atoms with Gasteiger partial charge in [-0.2, -0.15) is 0 Å². The third-order valence-electron chi connectivity index (χ3n) is 2.59. The van der Waals surface area contributed by atoms with Crippen molar-refractivity contribution in [1.82, 2.24) is 4.98 Å². The molecule has 0 saturated carbocycles. The molecule has 0 spiro atoms. The van der Waals surface area contributed by atoms with Gasteiger partial charge < -0.3 is 9.84 Å². The minimum Gasteiger partial charge on any atom is -0.494 e. The molecule has 1 aromatic heterocycles. The molecular weight excluding hydrogens is 249 g/mol. The predicted octanol–water partition coefficient (Wildman–Crippen LogP) is 2.52. The van der Waals surface area contributed by atoms with Gasteiger partial charge >= 0.3 is 5.97 Å². The molecule has 0 atom stereocenters. The number of ether oxygens (including phenoxy) is 1. The van der Waals surface area contributed by atoms with Crippen LogP contribution in [0.1, 0.15) is 5.69 Å². The standard InChI is InChI=1S/C14H12FNO3/c1-19-12-7-6-11(8-13(17)18)16-14(12)9-2-4-10(15)5-3-9/h2-7H,8H2,1H3,(H,17,18). The molecule has 0 saturated heterocycles. The van der Waals surface area contributed by atoms with E-state index in [1.807, 2.05) is 0 Å². The van der Waals surface area contributed by atoms with Crippen LogP contribution in [0, 0.1) is 5.82 Å². The number of carboxylic acids is 1. The fraction of sp³-hybridized carbons (Fsp3) is 0.143. The zero-order chi connectivity index (χ0) is 13.8. The molecule has 0 aliphatic heterocycles. The van der Waals surface area contributed by atoms with Gasteiger partial charge in [0.25, 0.3) is 0 Å². The summed E-state index contributed by atoms with van der Waals surface area (Å²) in [5.41, 5.74) is 1.60. The lowest BCUT2D eigenvalue weighted by Crippen LogP contribution is -2.03. The maximum atomic E-state index is 12.9. The number of carbonyl (C=O) groups is 1. The molecule has 1 N–H and O–H groups in total. The largest absolute Gasteiger partial charge is 0.494 e. The van der Waals surface area contributed by atoms with Crippen molar-refractivity contribution >= 4 is 5.97 Å². The Balaban J connectivity index is 2.46. The van der Waals surface area contributed by atoms with Gasteiger partial charge in [0.15, 0.2) is 0 Å². The first-order valence-electron chi connectivity index (χ1n) is 5.62. The number of hydrogen-bond acceptors (Lipinski definition) is 3. The van der Waals surface area contributed by atoms with Crippen molar-refractivity contribution in [2.75, 3.05) is 7.11 Å². The van der Waals surface area contributed by atoms with Gasteiger partial charge in [-0.05, 0) is 36.4 Å². The highest BCUT2D eigenvalue weighted by atomic mass is 19.1. The molecule has 1 heterocycles. The molecule has 2 aromatic rings. The lowest BCUT2D eigenvalue weighted by Gasteiger charge is -2.09. The molecule has 1 aromatic carbocycles. The number of rotatable bonds is 4. The van der Waals surface area contributed by atoms with Crippen molar-refractivity contribution < 1.29 is 19.0 Å². The summed E-state index contributed by atoms with van der Waals surface area (Å²) in [6.45, 7) is 0. The van der Waals surface area contributed by atoms with Crippen molar-refractivity contribution in [2.45, 2.75) is 6.42 Å². The number of aromatic nitrogens is 1. The summed E-state index contributed by atoms with van der Waals surface area (Å²) in [7, 11) is 1.50. The number of benzene rings is 1. The Bertz CT molecular complexity index is 596. The van der Waals surface area contributed by atoms with Crippen molar-refractivity contribution in [3.8, 4) is 17.0 Å². The first kappa shape index (κ1) is 13.0. The Kier molecular flexibility index (Phi) is 3.75. The highest BCUT2D eigenvalue weighted by Gasteiger charge is 2.11. The van der Waals surface area contributed by atoms with Crippen molar-refractivity contribution in [2.24, 2.45) is 0 Å². The summed E-state index contributed by atoms with van der Waals surface area (Å²) in [6.07, 6.45) is -0.168. The molecular formula is C14H12FNO3. The zero-order valence-electron chi connectivity index (χ0n) is 10.3. The van der Waals surface area contributed by atoms with E-state index in [0.29, 0.717) is 22.7 Å². The summed E-state index contributed by atoms with van der Waals surface area (Å²) in [6, 6.07) is 9.04. The average molecular weight is 261 g/mol. The van der Waals surface area contributed by atoms with E-state index in [4.69, 9.17) is 9.84 Å². The van der Waals surface area contributed by atoms with Gasteiger partial charge in [0.2, 0.25) is 0 Å². The third-order valence-corrected chi connectivity index (χ3v) is 2.59. The Hall–Kier alpha value is -2.43. The van der Waals surface area contributed by atoms with Gasteiger partial charge in [0.1, 0.15) is 17.3 Å². The minimum absolute atomic E-state index is 0.168. The van der Waals surface area contributed by atoms with E-state index in [-0.39, 0.29) is 12.2 Å². The number of nitrogens with zero attached hydrogens (tertiary/aromatic N) is 1. The highest BCUT2D eigenvalue weighted by Crippen LogP contribution is 2.28. The SMILES string of the molecule is COc1ccc(CC(=O)O)nc1-c1ccc(F)cc1.